The van der Waals surface area contributed by atoms with Crippen LogP contribution in [-0.4, -0.2) is 34.6 Å². The molecule has 0 fully saturated rings. The van der Waals surface area contributed by atoms with Gasteiger partial charge in [0, 0.05) is 5.56 Å². The van der Waals surface area contributed by atoms with Crippen molar-refractivity contribution < 1.29 is 14.6 Å². The summed E-state index contributed by atoms with van der Waals surface area (Å²) in [6.07, 6.45) is 0. The summed E-state index contributed by atoms with van der Waals surface area (Å²) in [5, 5.41) is 13.4. The van der Waals surface area contributed by atoms with Gasteiger partial charge in [-0.1, -0.05) is 30.3 Å². The average molecular weight is 260 g/mol. The van der Waals surface area contributed by atoms with Crippen LogP contribution in [0.1, 0.15) is 16.1 Å². The van der Waals surface area contributed by atoms with E-state index in [0.29, 0.717) is 23.5 Å². The second-order valence-corrected chi connectivity index (χ2v) is 4.11. The van der Waals surface area contributed by atoms with E-state index in [2.05, 4.69) is 5.10 Å². The number of aliphatic hydroxyl groups excluding tert-OH is 1. The van der Waals surface area contributed by atoms with Gasteiger partial charge in [-0.25, -0.2) is 4.79 Å². The molecule has 2 rings (SSSR count). The van der Waals surface area contributed by atoms with Crippen LogP contribution in [0.5, 0.6) is 0 Å². The first kappa shape index (κ1) is 13.3. The molecule has 0 saturated heterocycles. The molecule has 1 heterocycles. The number of carbonyl (C=O) groups is 1. The molecule has 0 amide bonds. The normalized spacial score (nSPS) is 10.5. The largest absolute Gasteiger partial charge is 0.465 e. The number of aromatic nitrogens is 2. The van der Waals surface area contributed by atoms with E-state index >= 15 is 0 Å². The van der Waals surface area contributed by atoms with Gasteiger partial charge in [-0.05, 0) is 6.92 Å². The number of hydrogen-bond donors (Lipinski definition) is 1. The molecule has 1 N–H and O–H groups in total. The van der Waals surface area contributed by atoms with Gasteiger partial charge in [0.25, 0.3) is 0 Å². The maximum Gasteiger partial charge on any atom is 0.342 e. The van der Waals surface area contributed by atoms with Crippen molar-refractivity contribution in [2.75, 3.05) is 13.7 Å². The Labute approximate surface area is 111 Å². The van der Waals surface area contributed by atoms with Gasteiger partial charge >= 0.3 is 5.97 Å². The zero-order valence-corrected chi connectivity index (χ0v) is 11.0. The number of benzene rings is 1. The molecule has 0 radical (unpaired) electrons. The van der Waals surface area contributed by atoms with Crippen molar-refractivity contribution in [3.8, 4) is 11.3 Å². The minimum Gasteiger partial charge on any atom is -0.465 e. The van der Waals surface area contributed by atoms with Crippen molar-refractivity contribution >= 4 is 5.97 Å². The molecular formula is C14H16N2O3. The van der Waals surface area contributed by atoms with E-state index in [9.17, 15) is 4.79 Å². The minimum atomic E-state index is -0.416. The number of esters is 1. The van der Waals surface area contributed by atoms with Crippen LogP contribution in [-0.2, 0) is 11.3 Å². The molecule has 19 heavy (non-hydrogen) atoms. The Hall–Kier alpha value is -2.14. The molecule has 0 aliphatic carbocycles. The van der Waals surface area contributed by atoms with Gasteiger partial charge in [0.1, 0.15) is 11.3 Å². The number of methoxy groups -OCH3 is 1. The Bertz CT molecular complexity index is 576. The molecule has 0 spiro atoms. The van der Waals surface area contributed by atoms with Gasteiger partial charge in [0.05, 0.1) is 26.0 Å². The van der Waals surface area contributed by atoms with E-state index in [1.807, 2.05) is 30.3 Å². The van der Waals surface area contributed by atoms with Gasteiger partial charge in [0.2, 0.25) is 0 Å². The fourth-order valence-corrected chi connectivity index (χ4v) is 2.00. The van der Waals surface area contributed by atoms with Gasteiger partial charge in [0.15, 0.2) is 0 Å². The highest BCUT2D eigenvalue weighted by molar-refractivity contribution is 5.97. The fourth-order valence-electron chi connectivity index (χ4n) is 2.00. The number of hydrogen-bond acceptors (Lipinski definition) is 4. The predicted octanol–water partition coefficient (Wildman–Crippen LogP) is 1.64. The summed E-state index contributed by atoms with van der Waals surface area (Å²) in [6.45, 7) is 2.11. The lowest BCUT2D eigenvalue weighted by Crippen LogP contribution is -2.08. The van der Waals surface area contributed by atoms with E-state index in [-0.39, 0.29) is 6.61 Å². The Morgan fingerprint density at radius 1 is 1.37 bits per heavy atom. The molecule has 2 aromatic rings. The zero-order valence-electron chi connectivity index (χ0n) is 11.0. The van der Waals surface area contributed by atoms with Crippen LogP contribution in [0.25, 0.3) is 11.3 Å². The maximum absolute atomic E-state index is 11.9. The second kappa shape index (κ2) is 5.67. The minimum absolute atomic E-state index is 0.0304. The molecule has 5 heteroatoms. The first-order valence-corrected chi connectivity index (χ1v) is 6.01. The average Bonchev–Trinajstić information content (AvgIpc) is 2.77. The summed E-state index contributed by atoms with van der Waals surface area (Å²) in [4.78, 5) is 11.9. The third-order valence-corrected chi connectivity index (χ3v) is 2.96. The van der Waals surface area contributed by atoms with E-state index in [1.54, 1.807) is 11.6 Å². The first-order valence-electron chi connectivity index (χ1n) is 6.01. The fraction of sp³-hybridized carbons (Fsp3) is 0.286. The number of nitrogens with zero attached hydrogens (tertiary/aromatic N) is 2. The SMILES string of the molecule is COC(=O)c1c(-c2ccccc2)nn(CCO)c1C. The molecule has 0 aliphatic rings. The number of carbonyl (C=O) groups excluding carboxylic acids is 1. The smallest absolute Gasteiger partial charge is 0.342 e. The quantitative estimate of drug-likeness (QED) is 0.849. The lowest BCUT2D eigenvalue weighted by molar-refractivity contribution is 0.0600. The first-order chi connectivity index (χ1) is 9.19. The van der Waals surface area contributed by atoms with Gasteiger partial charge in [-0.3, -0.25) is 4.68 Å². The predicted molar refractivity (Wildman–Crippen MR) is 70.8 cm³/mol. The zero-order chi connectivity index (χ0) is 13.8. The summed E-state index contributed by atoms with van der Waals surface area (Å²) in [5.74, 6) is -0.416. The molecule has 1 aromatic carbocycles. The lowest BCUT2D eigenvalue weighted by atomic mass is 10.1. The summed E-state index contributed by atoms with van der Waals surface area (Å²) in [5.41, 5.74) is 2.57. The van der Waals surface area contributed by atoms with E-state index in [0.717, 1.165) is 5.56 Å². The Morgan fingerprint density at radius 3 is 2.63 bits per heavy atom. The molecule has 0 unspecified atom stereocenters. The van der Waals surface area contributed by atoms with Crippen molar-refractivity contribution in [1.82, 2.24) is 9.78 Å². The van der Waals surface area contributed by atoms with Gasteiger partial charge < -0.3 is 9.84 Å². The second-order valence-electron chi connectivity index (χ2n) is 4.11. The van der Waals surface area contributed by atoms with Crippen LogP contribution in [0.15, 0.2) is 30.3 Å². The van der Waals surface area contributed by atoms with Crippen LogP contribution < -0.4 is 0 Å². The molecule has 0 saturated carbocycles. The van der Waals surface area contributed by atoms with Crippen LogP contribution in [0.2, 0.25) is 0 Å². The highest BCUT2D eigenvalue weighted by atomic mass is 16.5. The number of aliphatic hydroxyl groups is 1. The molecule has 5 nitrogen and oxygen atoms in total. The van der Waals surface area contributed by atoms with E-state index < -0.39 is 5.97 Å². The van der Waals surface area contributed by atoms with Crippen molar-refractivity contribution in [1.29, 1.82) is 0 Å². The highest BCUT2D eigenvalue weighted by Gasteiger charge is 2.22. The van der Waals surface area contributed by atoms with Crippen LogP contribution in [0.4, 0.5) is 0 Å². The summed E-state index contributed by atoms with van der Waals surface area (Å²) in [6, 6.07) is 9.45. The standard InChI is InChI=1S/C14H16N2O3/c1-10-12(14(18)19-2)13(15-16(10)8-9-17)11-6-4-3-5-7-11/h3-7,17H,8-9H2,1-2H3. The molecular weight excluding hydrogens is 244 g/mol. The molecule has 100 valence electrons. The van der Waals surface area contributed by atoms with Crippen molar-refractivity contribution in [3.05, 3.63) is 41.6 Å². The van der Waals surface area contributed by atoms with Gasteiger partial charge in [-0.15, -0.1) is 0 Å². The van der Waals surface area contributed by atoms with E-state index in [4.69, 9.17) is 9.84 Å². The van der Waals surface area contributed by atoms with Crippen molar-refractivity contribution in [2.24, 2.45) is 0 Å². The van der Waals surface area contributed by atoms with Crippen LogP contribution in [0.3, 0.4) is 0 Å². The third-order valence-electron chi connectivity index (χ3n) is 2.96. The molecule has 0 bridgehead atoms. The van der Waals surface area contributed by atoms with E-state index in [1.165, 1.54) is 7.11 Å². The van der Waals surface area contributed by atoms with Crippen molar-refractivity contribution in [3.63, 3.8) is 0 Å². The monoisotopic (exact) mass is 260 g/mol. The highest BCUT2D eigenvalue weighted by Crippen LogP contribution is 2.25. The Morgan fingerprint density at radius 2 is 2.05 bits per heavy atom. The van der Waals surface area contributed by atoms with Crippen molar-refractivity contribution in [2.45, 2.75) is 13.5 Å². The van der Waals surface area contributed by atoms with Crippen LogP contribution >= 0.6 is 0 Å². The third kappa shape index (κ3) is 2.51. The Kier molecular flexibility index (Phi) is 3.97. The lowest BCUT2D eigenvalue weighted by Gasteiger charge is -2.02. The number of rotatable bonds is 4. The Balaban J connectivity index is 2.59. The molecule has 0 atom stereocenters. The van der Waals surface area contributed by atoms with Gasteiger partial charge in [-0.2, -0.15) is 5.10 Å². The van der Waals surface area contributed by atoms with Crippen LogP contribution in [0, 0.1) is 6.92 Å². The summed E-state index contributed by atoms with van der Waals surface area (Å²) >= 11 is 0. The summed E-state index contributed by atoms with van der Waals surface area (Å²) < 4.78 is 6.44. The molecule has 0 aliphatic heterocycles. The molecule has 1 aromatic heterocycles. The maximum atomic E-state index is 11.9. The number of ether oxygens (including phenoxy) is 1. The summed E-state index contributed by atoms with van der Waals surface area (Å²) in [7, 11) is 1.35. The topological polar surface area (TPSA) is 64.3 Å².